The quantitative estimate of drug-likeness (QED) is 0.548. The Kier molecular flexibility index (Phi) is 6.66. The number of halogens is 5. The zero-order chi connectivity index (χ0) is 22.8. The fraction of sp³-hybridized carbons (Fsp3) is 0.222. The molecule has 0 spiro atoms. The second-order valence-electron chi connectivity index (χ2n) is 6.16. The van der Waals surface area contributed by atoms with Crippen molar-refractivity contribution in [3.8, 4) is 17.8 Å². The number of allylic oxidation sites excluding steroid dienone is 2. The predicted molar refractivity (Wildman–Crippen MR) is 108 cm³/mol. The lowest BCUT2D eigenvalue weighted by atomic mass is 10.2. The van der Waals surface area contributed by atoms with Gasteiger partial charge in [-0.3, -0.25) is 0 Å². The van der Waals surface area contributed by atoms with E-state index in [0.717, 1.165) is 12.1 Å². The Bertz CT molecular complexity index is 1110. The molecule has 30 heavy (non-hydrogen) atoms. The van der Waals surface area contributed by atoms with E-state index in [-0.39, 0.29) is 27.1 Å². The van der Waals surface area contributed by atoms with Crippen molar-refractivity contribution in [3.63, 3.8) is 0 Å². The van der Waals surface area contributed by atoms with Crippen molar-refractivity contribution in [2.45, 2.75) is 13.1 Å². The minimum atomic E-state index is -4.62. The van der Waals surface area contributed by atoms with Crippen LogP contribution in [0.1, 0.15) is 16.8 Å². The molecule has 0 saturated carbocycles. The minimum Gasteiger partial charge on any atom is -0.388 e. The number of anilines is 1. The summed E-state index contributed by atoms with van der Waals surface area (Å²) in [5.41, 5.74) is 4.68. The van der Waals surface area contributed by atoms with Crippen LogP contribution in [0.25, 0.3) is 5.69 Å². The molecule has 2 aromatic rings. The smallest absolute Gasteiger partial charge is 0.388 e. The van der Waals surface area contributed by atoms with Gasteiger partial charge in [0, 0.05) is 20.3 Å². The zero-order valence-corrected chi connectivity index (χ0v) is 17.4. The molecule has 1 heterocycles. The molecule has 1 aromatic heterocycles. The van der Waals surface area contributed by atoms with Crippen LogP contribution >= 0.6 is 23.2 Å². The highest BCUT2D eigenvalue weighted by atomic mass is 35.5. The minimum absolute atomic E-state index is 0.0466. The van der Waals surface area contributed by atoms with Gasteiger partial charge in [-0.2, -0.15) is 28.8 Å². The fourth-order valence-corrected chi connectivity index (χ4v) is 3.18. The van der Waals surface area contributed by atoms with E-state index < -0.39 is 11.7 Å². The first kappa shape index (κ1) is 23.1. The lowest BCUT2D eigenvalue weighted by molar-refractivity contribution is -0.137. The highest BCUT2D eigenvalue weighted by Crippen LogP contribution is 2.39. The van der Waals surface area contributed by atoms with E-state index in [4.69, 9.17) is 39.5 Å². The van der Waals surface area contributed by atoms with Crippen LogP contribution in [0.5, 0.6) is 0 Å². The summed E-state index contributed by atoms with van der Waals surface area (Å²) >= 11 is 12.2. The van der Waals surface area contributed by atoms with Gasteiger partial charge >= 0.3 is 6.18 Å². The monoisotopic (exact) mass is 455 g/mol. The van der Waals surface area contributed by atoms with Crippen molar-refractivity contribution in [3.05, 3.63) is 50.4 Å². The van der Waals surface area contributed by atoms with Crippen LogP contribution in [0.4, 0.5) is 19.0 Å². The number of hydrogen-bond donors (Lipinski definition) is 1. The second kappa shape index (κ2) is 8.66. The predicted octanol–water partition coefficient (Wildman–Crippen LogP) is 4.21. The maximum atomic E-state index is 13.0. The molecular weight excluding hydrogens is 442 g/mol. The Morgan fingerprint density at radius 3 is 2.23 bits per heavy atom. The third-order valence-corrected chi connectivity index (χ3v) is 4.44. The molecule has 0 amide bonds. The molecule has 156 valence electrons. The molecular formula is C18H14Cl2F3N7. The summed E-state index contributed by atoms with van der Waals surface area (Å²) in [7, 11) is 3.34. The van der Waals surface area contributed by atoms with Crippen LogP contribution in [0.2, 0.25) is 10.0 Å². The summed E-state index contributed by atoms with van der Waals surface area (Å²) < 4.78 is 40.4. The highest BCUT2D eigenvalue weighted by molar-refractivity contribution is 6.38. The number of nitriles is 2. The Morgan fingerprint density at radius 2 is 1.80 bits per heavy atom. The number of aromatic nitrogens is 2. The lowest BCUT2D eigenvalue weighted by Gasteiger charge is -2.18. The van der Waals surface area contributed by atoms with Crippen LogP contribution < -0.4 is 10.6 Å². The van der Waals surface area contributed by atoms with Crippen LogP contribution in [-0.4, -0.2) is 30.1 Å². The number of aryl methyl sites for hydroxylation is 1. The van der Waals surface area contributed by atoms with Crippen molar-refractivity contribution in [2.24, 2.45) is 10.7 Å². The van der Waals surface area contributed by atoms with Crippen LogP contribution in [0.3, 0.4) is 0 Å². The first-order valence-corrected chi connectivity index (χ1v) is 8.85. The van der Waals surface area contributed by atoms with Gasteiger partial charge in [0.25, 0.3) is 0 Å². The Balaban J connectivity index is 2.73. The maximum absolute atomic E-state index is 13.0. The van der Waals surface area contributed by atoms with Crippen LogP contribution in [0.15, 0.2) is 28.5 Å². The second-order valence-corrected chi connectivity index (χ2v) is 6.97. The first-order valence-electron chi connectivity index (χ1n) is 8.09. The topological polar surface area (TPSA) is 107 Å². The van der Waals surface area contributed by atoms with E-state index >= 15 is 0 Å². The molecule has 2 N–H and O–H groups in total. The van der Waals surface area contributed by atoms with Crippen molar-refractivity contribution < 1.29 is 13.2 Å². The number of nitrogens with zero attached hydrogens (tertiary/aromatic N) is 6. The van der Waals surface area contributed by atoms with Gasteiger partial charge in [-0.05, 0) is 19.1 Å². The standard InChI is InChI=1S/C18H14Cl2F3N7/c1-9-11(8-27-15(7-25)14(26)6-24)17(29(2)3)30(28-9)16-12(19)4-10(5-13(16)20)18(21,22)23/h4-5,8H,26H2,1-3H3. The molecule has 0 unspecified atom stereocenters. The zero-order valence-electron chi connectivity index (χ0n) is 15.9. The number of aliphatic imine (C=N–C) groups is 1. The van der Waals surface area contributed by atoms with Gasteiger partial charge in [0.2, 0.25) is 0 Å². The number of hydrogen-bond acceptors (Lipinski definition) is 6. The third-order valence-electron chi connectivity index (χ3n) is 3.87. The van der Waals surface area contributed by atoms with Crippen LogP contribution in [-0.2, 0) is 6.18 Å². The Hall–Kier alpha value is -3.21. The number of alkyl halides is 3. The maximum Gasteiger partial charge on any atom is 0.416 e. The number of nitrogens with two attached hydrogens (primary N) is 1. The average molecular weight is 456 g/mol. The summed E-state index contributed by atoms with van der Waals surface area (Å²) in [5, 5.41) is 21.7. The SMILES string of the molecule is Cc1nn(-c2c(Cl)cc(C(F)(F)F)cc2Cl)c(N(C)C)c1C=NC(C#N)=C(N)C#N. The largest absolute Gasteiger partial charge is 0.416 e. The first-order chi connectivity index (χ1) is 13.9. The summed E-state index contributed by atoms with van der Waals surface area (Å²) in [6.07, 6.45) is -3.34. The molecule has 2 rings (SSSR count). The Morgan fingerprint density at radius 1 is 1.23 bits per heavy atom. The van der Waals surface area contributed by atoms with E-state index in [1.807, 2.05) is 0 Å². The lowest BCUT2D eigenvalue weighted by Crippen LogP contribution is -2.16. The molecule has 12 heteroatoms. The Labute approximate surface area is 180 Å². The van der Waals surface area contributed by atoms with E-state index in [1.165, 1.54) is 10.9 Å². The van der Waals surface area contributed by atoms with Crippen molar-refractivity contribution in [1.29, 1.82) is 10.5 Å². The molecule has 7 nitrogen and oxygen atoms in total. The van der Waals surface area contributed by atoms with E-state index in [9.17, 15) is 13.2 Å². The van der Waals surface area contributed by atoms with Gasteiger partial charge in [-0.25, -0.2) is 9.67 Å². The van der Waals surface area contributed by atoms with Gasteiger partial charge in [0.1, 0.15) is 29.3 Å². The highest BCUT2D eigenvalue weighted by Gasteiger charge is 2.33. The molecule has 0 aliphatic carbocycles. The van der Waals surface area contributed by atoms with Gasteiger partial charge in [-0.15, -0.1) is 0 Å². The van der Waals surface area contributed by atoms with Gasteiger partial charge < -0.3 is 10.6 Å². The number of benzene rings is 1. The summed E-state index contributed by atoms with van der Waals surface area (Å²) in [6.45, 7) is 1.63. The van der Waals surface area contributed by atoms with E-state index in [2.05, 4.69) is 10.1 Å². The van der Waals surface area contributed by atoms with Gasteiger partial charge in [-0.1, -0.05) is 23.2 Å². The van der Waals surface area contributed by atoms with Gasteiger partial charge in [0.05, 0.1) is 26.9 Å². The van der Waals surface area contributed by atoms with Crippen molar-refractivity contribution >= 4 is 35.2 Å². The summed E-state index contributed by atoms with van der Waals surface area (Å²) in [4.78, 5) is 5.56. The molecule has 0 saturated heterocycles. The van der Waals surface area contributed by atoms with E-state index in [0.29, 0.717) is 17.1 Å². The number of rotatable bonds is 4. The molecule has 0 aliphatic rings. The van der Waals surface area contributed by atoms with Gasteiger partial charge in [0.15, 0.2) is 5.70 Å². The summed E-state index contributed by atoms with van der Waals surface area (Å²) in [5.74, 6) is 0.382. The fourth-order valence-electron chi connectivity index (χ4n) is 2.54. The summed E-state index contributed by atoms with van der Waals surface area (Å²) in [6, 6.07) is 4.87. The normalized spacial score (nSPS) is 12.5. The van der Waals surface area contributed by atoms with Crippen molar-refractivity contribution in [1.82, 2.24) is 9.78 Å². The molecule has 0 fully saturated rings. The van der Waals surface area contributed by atoms with E-state index in [1.54, 1.807) is 38.1 Å². The third kappa shape index (κ3) is 4.51. The molecule has 0 bridgehead atoms. The molecule has 0 radical (unpaired) electrons. The molecule has 1 aromatic carbocycles. The average Bonchev–Trinajstić information content (AvgIpc) is 2.96. The van der Waals surface area contributed by atoms with Crippen molar-refractivity contribution in [2.75, 3.05) is 19.0 Å². The molecule has 0 atom stereocenters. The van der Waals surface area contributed by atoms with Crippen LogP contribution in [0, 0.1) is 29.6 Å². The molecule has 0 aliphatic heterocycles.